The minimum Gasteiger partial charge on any atom is -0.465 e. The van der Waals surface area contributed by atoms with Crippen LogP contribution in [0.2, 0.25) is 0 Å². The lowest BCUT2D eigenvalue weighted by Crippen LogP contribution is -2.36. The highest BCUT2D eigenvalue weighted by Crippen LogP contribution is 2.42. The number of thiophene rings is 1. The highest BCUT2D eigenvalue weighted by atomic mass is 32.1. The molecule has 0 saturated carbocycles. The third-order valence-corrected chi connectivity index (χ3v) is 7.28. The molecule has 1 aliphatic carbocycles. The predicted molar refractivity (Wildman–Crippen MR) is 123 cm³/mol. The van der Waals surface area contributed by atoms with E-state index in [1.165, 1.54) is 24.0 Å². The smallest absolute Gasteiger partial charge is 0.337 e. The average Bonchev–Trinajstić information content (AvgIpc) is 3.17. The van der Waals surface area contributed by atoms with E-state index in [-0.39, 0.29) is 5.97 Å². The molecule has 32 heavy (non-hydrogen) atoms. The number of ether oxygens (including phenoxy) is 3. The van der Waals surface area contributed by atoms with E-state index in [4.69, 9.17) is 24.2 Å². The number of benzene rings is 1. The summed E-state index contributed by atoms with van der Waals surface area (Å²) in [6.07, 6.45) is 3.28. The number of hydrogen-bond acceptors (Lipinski definition) is 8. The summed E-state index contributed by atoms with van der Waals surface area (Å²) >= 11 is 1.78. The molecule has 2 aliphatic rings. The lowest BCUT2D eigenvalue weighted by Gasteiger charge is -2.25. The minimum atomic E-state index is -0.366. The molecule has 0 bridgehead atoms. The summed E-state index contributed by atoms with van der Waals surface area (Å²) < 4.78 is 16.6. The number of rotatable bonds is 5. The van der Waals surface area contributed by atoms with Gasteiger partial charge in [0.2, 0.25) is 5.88 Å². The summed E-state index contributed by atoms with van der Waals surface area (Å²) in [5.41, 5.74) is 1.82. The molecule has 1 aromatic carbocycles. The second-order valence-corrected chi connectivity index (χ2v) is 9.57. The summed E-state index contributed by atoms with van der Waals surface area (Å²) in [5, 5.41) is 1.04. The Balaban J connectivity index is 1.51. The number of morpholine rings is 1. The summed E-state index contributed by atoms with van der Waals surface area (Å²) in [6, 6.07) is 6.98. The second-order valence-electron chi connectivity index (χ2n) is 8.48. The van der Waals surface area contributed by atoms with Crippen LogP contribution in [0.25, 0.3) is 10.2 Å². The molecule has 2 aromatic heterocycles. The van der Waals surface area contributed by atoms with Crippen LogP contribution >= 0.6 is 11.3 Å². The molecule has 0 spiro atoms. The molecule has 168 valence electrons. The Labute approximate surface area is 191 Å². The van der Waals surface area contributed by atoms with E-state index in [1.807, 2.05) is 0 Å². The lowest BCUT2D eigenvalue weighted by molar-refractivity contribution is 0.0330. The van der Waals surface area contributed by atoms with Gasteiger partial charge < -0.3 is 14.2 Å². The third-order valence-electron chi connectivity index (χ3n) is 6.13. The van der Waals surface area contributed by atoms with Crippen molar-refractivity contribution in [2.75, 3.05) is 33.4 Å². The van der Waals surface area contributed by atoms with Crippen molar-refractivity contribution >= 4 is 27.5 Å². The fourth-order valence-corrected chi connectivity index (χ4v) is 5.74. The van der Waals surface area contributed by atoms with Crippen molar-refractivity contribution in [1.29, 1.82) is 0 Å². The number of methoxy groups -OCH3 is 1. The van der Waals surface area contributed by atoms with Gasteiger partial charge in [0.15, 0.2) is 0 Å². The number of carbonyl (C=O) groups is 1. The van der Waals surface area contributed by atoms with Gasteiger partial charge in [-0.3, -0.25) is 4.90 Å². The van der Waals surface area contributed by atoms with Crippen molar-refractivity contribution in [3.63, 3.8) is 0 Å². The maximum atomic E-state index is 11.7. The number of nitrogens with zero attached hydrogens (tertiary/aromatic N) is 3. The fourth-order valence-electron chi connectivity index (χ4n) is 4.34. The Morgan fingerprint density at radius 3 is 2.75 bits per heavy atom. The molecule has 3 heterocycles. The Hall–Kier alpha value is -2.55. The van der Waals surface area contributed by atoms with Gasteiger partial charge in [-0.1, -0.05) is 6.92 Å². The molecule has 1 saturated heterocycles. The SMILES string of the molecule is COC(=O)c1ccc(Oc2nc(CN3CCOCC3)nc3sc4c(c23)CC[C@@H](C)C4)cc1. The van der Waals surface area contributed by atoms with Gasteiger partial charge in [-0.25, -0.2) is 9.78 Å². The van der Waals surface area contributed by atoms with E-state index in [9.17, 15) is 4.79 Å². The maximum Gasteiger partial charge on any atom is 0.337 e. The topological polar surface area (TPSA) is 73.8 Å². The van der Waals surface area contributed by atoms with Gasteiger partial charge in [-0.05, 0) is 55.0 Å². The first-order valence-electron chi connectivity index (χ1n) is 11.1. The Bertz CT molecular complexity index is 1120. The predicted octanol–water partition coefficient (Wildman–Crippen LogP) is 4.23. The molecule has 0 unspecified atom stereocenters. The van der Waals surface area contributed by atoms with Crippen LogP contribution in [0, 0.1) is 5.92 Å². The van der Waals surface area contributed by atoms with E-state index in [2.05, 4.69) is 11.8 Å². The molecule has 0 radical (unpaired) electrons. The van der Waals surface area contributed by atoms with E-state index >= 15 is 0 Å². The number of aryl methyl sites for hydroxylation is 1. The molecule has 8 heteroatoms. The third kappa shape index (κ3) is 4.35. The monoisotopic (exact) mass is 453 g/mol. The van der Waals surface area contributed by atoms with Crippen LogP contribution < -0.4 is 4.74 Å². The van der Waals surface area contributed by atoms with Gasteiger partial charge in [-0.2, -0.15) is 4.98 Å². The molecule has 0 N–H and O–H groups in total. The van der Waals surface area contributed by atoms with Crippen LogP contribution in [0.4, 0.5) is 0 Å². The number of carbonyl (C=O) groups excluding carboxylic acids is 1. The second kappa shape index (κ2) is 9.13. The van der Waals surface area contributed by atoms with Crippen LogP contribution in [0.15, 0.2) is 24.3 Å². The lowest BCUT2D eigenvalue weighted by atomic mass is 9.89. The molecular formula is C24H27N3O4S. The molecular weight excluding hydrogens is 426 g/mol. The zero-order valence-corrected chi connectivity index (χ0v) is 19.2. The molecule has 1 atom stereocenters. The maximum absolute atomic E-state index is 11.7. The summed E-state index contributed by atoms with van der Waals surface area (Å²) in [4.78, 5) is 26.3. The summed E-state index contributed by atoms with van der Waals surface area (Å²) in [5.74, 6) is 2.34. The number of hydrogen-bond donors (Lipinski definition) is 0. The molecule has 1 fully saturated rings. The van der Waals surface area contributed by atoms with E-state index in [0.717, 1.165) is 55.2 Å². The van der Waals surface area contributed by atoms with Crippen LogP contribution in [-0.2, 0) is 28.9 Å². The number of esters is 1. The van der Waals surface area contributed by atoms with Crippen molar-refractivity contribution in [2.24, 2.45) is 5.92 Å². The largest absolute Gasteiger partial charge is 0.465 e. The van der Waals surface area contributed by atoms with Crippen LogP contribution in [0.5, 0.6) is 11.6 Å². The number of fused-ring (bicyclic) bond motifs is 3. The summed E-state index contributed by atoms with van der Waals surface area (Å²) in [7, 11) is 1.38. The van der Waals surface area contributed by atoms with E-state index < -0.39 is 0 Å². The minimum absolute atomic E-state index is 0.366. The normalized spacial score (nSPS) is 19.0. The Kier molecular flexibility index (Phi) is 6.08. The van der Waals surface area contributed by atoms with Gasteiger partial charge >= 0.3 is 5.97 Å². The van der Waals surface area contributed by atoms with Crippen molar-refractivity contribution in [3.05, 3.63) is 46.1 Å². The zero-order chi connectivity index (χ0) is 22.1. The number of aromatic nitrogens is 2. The zero-order valence-electron chi connectivity index (χ0n) is 18.4. The first-order valence-corrected chi connectivity index (χ1v) is 11.9. The molecule has 0 amide bonds. The van der Waals surface area contributed by atoms with Crippen LogP contribution in [0.3, 0.4) is 0 Å². The highest BCUT2D eigenvalue weighted by Gasteiger charge is 2.25. The van der Waals surface area contributed by atoms with Crippen molar-refractivity contribution in [1.82, 2.24) is 14.9 Å². The first-order chi connectivity index (χ1) is 15.6. The van der Waals surface area contributed by atoms with Crippen molar-refractivity contribution in [3.8, 4) is 11.6 Å². The van der Waals surface area contributed by atoms with Gasteiger partial charge in [-0.15, -0.1) is 11.3 Å². The average molecular weight is 454 g/mol. The van der Waals surface area contributed by atoms with Crippen LogP contribution in [0.1, 0.15) is 40.0 Å². The molecule has 1 aliphatic heterocycles. The molecule has 7 nitrogen and oxygen atoms in total. The Morgan fingerprint density at radius 1 is 1.22 bits per heavy atom. The van der Waals surface area contributed by atoms with Gasteiger partial charge in [0.25, 0.3) is 0 Å². The van der Waals surface area contributed by atoms with E-state index in [1.54, 1.807) is 35.6 Å². The van der Waals surface area contributed by atoms with Gasteiger partial charge in [0.05, 0.1) is 37.8 Å². The van der Waals surface area contributed by atoms with Crippen molar-refractivity contribution in [2.45, 2.75) is 32.7 Å². The van der Waals surface area contributed by atoms with E-state index in [0.29, 0.717) is 29.7 Å². The fraction of sp³-hybridized carbons (Fsp3) is 0.458. The molecule has 5 rings (SSSR count). The van der Waals surface area contributed by atoms with Gasteiger partial charge in [0, 0.05) is 18.0 Å². The van der Waals surface area contributed by atoms with Gasteiger partial charge in [0.1, 0.15) is 16.4 Å². The summed E-state index contributed by atoms with van der Waals surface area (Å²) in [6.45, 7) is 6.22. The quantitative estimate of drug-likeness (QED) is 0.535. The van der Waals surface area contributed by atoms with Crippen LogP contribution in [-0.4, -0.2) is 54.3 Å². The highest BCUT2D eigenvalue weighted by molar-refractivity contribution is 7.18. The molecule has 3 aromatic rings. The first kappa shape index (κ1) is 21.3. The van der Waals surface area contributed by atoms with Crippen molar-refractivity contribution < 1.29 is 19.0 Å². The Morgan fingerprint density at radius 2 is 2.00 bits per heavy atom. The standard InChI is InChI=1S/C24H27N3O4S/c1-15-3-8-18-19(13-15)32-23-21(18)22(25-20(26-23)14-27-9-11-30-12-10-27)31-17-6-4-16(5-7-17)24(28)29-2/h4-7,15H,3,8-14H2,1-2H3/t15-/m1/s1.